The van der Waals surface area contributed by atoms with Crippen molar-refractivity contribution in [3.63, 3.8) is 0 Å². The number of nitro benzene ring substituents is 1. The molecule has 0 saturated carbocycles. The Labute approximate surface area is 128 Å². The summed E-state index contributed by atoms with van der Waals surface area (Å²) in [6, 6.07) is 3.32. The lowest BCUT2D eigenvalue weighted by molar-refractivity contribution is -0.384. The molecule has 1 rings (SSSR count). The van der Waals surface area contributed by atoms with Crippen LogP contribution in [0.5, 0.6) is 5.75 Å². The van der Waals surface area contributed by atoms with Crippen LogP contribution in [0.3, 0.4) is 0 Å². The van der Waals surface area contributed by atoms with Crippen molar-refractivity contribution in [1.82, 2.24) is 5.43 Å². The van der Waals surface area contributed by atoms with E-state index in [0.29, 0.717) is 5.75 Å². The number of nitrogens with one attached hydrogen (secondary N) is 2. The number of methoxy groups -OCH3 is 1. The van der Waals surface area contributed by atoms with Crippen molar-refractivity contribution in [1.29, 1.82) is 0 Å². The summed E-state index contributed by atoms with van der Waals surface area (Å²) in [5, 5.41) is 17.2. The van der Waals surface area contributed by atoms with Crippen LogP contribution in [0.25, 0.3) is 0 Å². The molecule has 1 aromatic carbocycles. The van der Waals surface area contributed by atoms with Gasteiger partial charge in [0, 0.05) is 23.3 Å². The van der Waals surface area contributed by atoms with E-state index in [2.05, 4.69) is 15.8 Å². The molecule has 0 aromatic heterocycles. The van der Waals surface area contributed by atoms with Crippen LogP contribution in [0.2, 0.25) is 0 Å². The van der Waals surface area contributed by atoms with Gasteiger partial charge in [-0.3, -0.25) is 10.1 Å². The maximum absolute atomic E-state index is 11.8. The third kappa shape index (κ3) is 4.72. The Hall–Kier alpha value is -2.64. The van der Waals surface area contributed by atoms with Crippen molar-refractivity contribution < 1.29 is 14.5 Å². The highest BCUT2D eigenvalue weighted by Gasteiger charge is 2.16. The van der Waals surface area contributed by atoms with Crippen LogP contribution in [0.15, 0.2) is 23.3 Å². The number of hydrogen-bond donors (Lipinski definition) is 2. The molecule has 0 aliphatic heterocycles. The fourth-order valence-corrected chi connectivity index (χ4v) is 1.36. The Kier molecular flexibility index (Phi) is 5.44. The van der Waals surface area contributed by atoms with Crippen molar-refractivity contribution >= 4 is 23.1 Å². The van der Waals surface area contributed by atoms with Crippen molar-refractivity contribution in [3.05, 3.63) is 28.3 Å². The number of hydrazone groups is 1. The van der Waals surface area contributed by atoms with Gasteiger partial charge in [-0.25, -0.2) is 10.2 Å². The molecule has 120 valence electrons. The van der Waals surface area contributed by atoms with E-state index in [-0.39, 0.29) is 16.8 Å². The Morgan fingerprint density at radius 3 is 2.50 bits per heavy atom. The number of hydrogen-bond acceptors (Lipinski definition) is 5. The van der Waals surface area contributed by atoms with Crippen LogP contribution in [-0.2, 0) is 0 Å². The standard InChI is InChI=1S/C14H20N4O4/c1-9(14(2,3)4)16-17-13(19)15-11-8-10(18(20)21)6-7-12(11)22-5/h6-8H,1-5H3,(H2,15,17,19). The minimum Gasteiger partial charge on any atom is -0.495 e. The second-order valence-corrected chi connectivity index (χ2v) is 5.65. The number of nitrogens with zero attached hydrogens (tertiary/aromatic N) is 2. The van der Waals surface area contributed by atoms with Crippen LogP contribution < -0.4 is 15.5 Å². The number of rotatable bonds is 4. The largest absolute Gasteiger partial charge is 0.495 e. The van der Waals surface area contributed by atoms with Crippen molar-refractivity contribution in [3.8, 4) is 5.75 Å². The highest BCUT2D eigenvalue weighted by Crippen LogP contribution is 2.28. The number of amides is 2. The third-order valence-corrected chi connectivity index (χ3v) is 3.05. The summed E-state index contributed by atoms with van der Waals surface area (Å²) in [5.41, 5.74) is 2.97. The highest BCUT2D eigenvalue weighted by molar-refractivity contribution is 5.93. The summed E-state index contributed by atoms with van der Waals surface area (Å²) < 4.78 is 5.06. The normalized spacial score (nSPS) is 11.8. The molecule has 0 unspecified atom stereocenters. The van der Waals surface area contributed by atoms with Crippen LogP contribution in [0.4, 0.5) is 16.2 Å². The fourth-order valence-electron chi connectivity index (χ4n) is 1.36. The number of nitro groups is 1. The summed E-state index contributed by atoms with van der Waals surface area (Å²) >= 11 is 0. The number of carbonyl (C=O) groups is 1. The Morgan fingerprint density at radius 1 is 1.36 bits per heavy atom. The smallest absolute Gasteiger partial charge is 0.339 e. The van der Waals surface area contributed by atoms with E-state index in [1.54, 1.807) is 6.92 Å². The van der Waals surface area contributed by atoms with Crippen molar-refractivity contribution in [2.45, 2.75) is 27.7 Å². The number of benzene rings is 1. The molecule has 8 nitrogen and oxygen atoms in total. The molecule has 8 heteroatoms. The first kappa shape index (κ1) is 17.4. The number of ether oxygens (including phenoxy) is 1. The quantitative estimate of drug-likeness (QED) is 0.506. The van der Waals surface area contributed by atoms with Gasteiger partial charge in [0.15, 0.2) is 0 Å². The first-order chi connectivity index (χ1) is 10.1. The van der Waals surface area contributed by atoms with Gasteiger partial charge in [0.1, 0.15) is 5.75 Å². The zero-order valence-corrected chi connectivity index (χ0v) is 13.3. The lowest BCUT2D eigenvalue weighted by atomic mass is 9.91. The zero-order valence-electron chi connectivity index (χ0n) is 13.3. The van der Waals surface area contributed by atoms with E-state index in [1.807, 2.05) is 20.8 Å². The predicted molar refractivity (Wildman–Crippen MR) is 84.4 cm³/mol. The minimum atomic E-state index is -0.609. The molecule has 22 heavy (non-hydrogen) atoms. The van der Waals surface area contributed by atoms with E-state index in [1.165, 1.54) is 25.3 Å². The van der Waals surface area contributed by atoms with Crippen molar-refractivity contribution in [2.75, 3.05) is 12.4 Å². The van der Waals surface area contributed by atoms with Gasteiger partial charge in [-0.05, 0) is 13.0 Å². The molecule has 0 radical (unpaired) electrons. The fraction of sp³-hybridized carbons (Fsp3) is 0.429. The van der Waals surface area contributed by atoms with Gasteiger partial charge < -0.3 is 10.1 Å². The van der Waals surface area contributed by atoms with Crippen LogP contribution in [-0.4, -0.2) is 23.8 Å². The number of urea groups is 1. The number of non-ortho nitro benzene ring substituents is 1. The van der Waals surface area contributed by atoms with Gasteiger partial charge >= 0.3 is 6.03 Å². The second-order valence-electron chi connectivity index (χ2n) is 5.65. The summed E-state index contributed by atoms with van der Waals surface area (Å²) in [4.78, 5) is 22.1. The van der Waals surface area contributed by atoms with E-state index in [0.717, 1.165) is 5.71 Å². The van der Waals surface area contributed by atoms with Crippen LogP contribution >= 0.6 is 0 Å². The van der Waals surface area contributed by atoms with E-state index >= 15 is 0 Å². The SMILES string of the molecule is COc1ccc([N+](=O)[O-])cc1NC(=O)NN=C(C)C(C)(C)C. The van der Waals surface area contributed by atoms with Crippen LogP contribution in [0.1, 0.15) is 27.7 Å². The maximum atomic E-state index is 11.8. The van der Waals surface area contributed by atoms with Gasteiger partial charge in [0.25, 0.3) is 5.69 Å². The molecule has 0 spiro atoms. The van der Waals surface area contributed by atoms with Gasteiger partial charge in [-0.15, -0.1) is 0 Å². The van der Waals surface area contributed by atoms with Gasteiger partial charge in [0.2, 0.25) is 0 Å². The number of carbonyl (C=O) groups excluding carboxylic acids is 1. The molecule has 0 bridgehead atoms. The molecule has 0 heterocycles. The zero-order chi connectivity index (χ0) is 16.9. The van der Waals surface area contributed by atoms with Crippen molar-refractivity contribution in [2.24, 2.45) is 10.5 Å². The molecule has 0 saturated heterocycles. The van der Waals surface area contributed by atoms with Gasteiger partial charge in [0.05, 0.1) is 17.7 Å². The monoisotopic (exact) mass is 308 g/mol. The van der Waals surface area contributed by atoms with E-state index < -0.39 is 11.0 Å². The highest BCUT2D eigenvalue weighted by atomic mass is 16.6. The maximum Gasteiger partial charge on any atom is 0.339 e. The van der Waals surface area contributed by atoms with E-state index in [9.17, 15) is 14.9 Å². The summed E-state index contributed by atoms with van der Waals surface area (Å²) in [5.74, 6) is 0.317. The lowest BCUT2D eigenvalue weighted by Crippen LogP contribution is -2.28. The minimum absolute atomic E-state index is 0.148. The van der Waals surface area contributed by atoms with Crippen LogP contribution in [0, 0.1) is 15.5 Å². The predicted octanol–water partition coefficient (Wildman–Crippen LogP) is 3.15. The second kappa shape index (κ2) is 6.88. The van der Waals surface area contributed by atoms with Gasteiger partial charge in [-0.2, -0.15) is 5.10 Å². The van der Waals surface area contributed by atoms with Gasteiger partial charge in [-0.1, -0.05) is 20.8 Å². The van der Waals surface area contributed by atoms with E-state index in [4.69, 9.17) is 4.74 Å². The molecular weight excluding hydrogens is 288 g/mol. The molecule has 1 aromatic rings. The average molecular weight is 308 g/mol. The molecule has 0 aliphatic carbocycles. The topological polar surface area (TPSA) is 106 Å². The molecule has 0 fully saturated rings. The molecule has 0 aliphatic rings. The summed E-state index contributed by atoms with van der Waals surface area (Å²) in [6.07, 6.45) is 0. The molecular formula is C14H20N4O4. The molecule has 2 N–H and O–H groups in total. The Bertz CT molecular complexity index is 605. The Morgan fingerprint density at radius 2 is 2.00 bits per heavy atom. The molecule has 0 atom stereocenters. The first-order valence-electron chi connectivity index (χ1n) is 6.59. The lowest BCUT2D eigenvalue weighted by Gasteiger charge is -2.17. The summed E-state index contributed by atoms with van der Waals surface area (Å²) in [6.45, 7) is 7.70. The number of anilines is 1. The average Bonchev–Trinajstić information content (AvgIpc) is 2.43. The third-order valence-electron chi connectivity index (χ3n) is 3.05. The Balaban J connectivity index is 2.88. The molecule has 2 amide bonds. The summed E-state index contributed by atoms with van der Waals surface area (Å²) in [7, 11) is 1.41. The first-order valence-corrected chi connectivity index (χ1v) is 6.59.